The molecule has 118 valence electrons. The van der Waals surface area contributed by atoms with Gasteiger partial charge < -0.3 is 9.88 Å². The van der Waals surface area contributed by atoms with E-state index in [1.165, 1.54) is 6.20 Å². The summed E-state index contributed by atoms with van der Waals surface area (Å²) in [5.41, 5.74) is 1.80. The van der Waals surface area contributed by atoms with Crippen LogP contribution in [0.1, 0.15) is 18.5 Å². The van der Waals surface area contributed by atoms with E-state index in [0.717, 1.165) is 38.0 Å². The number of nitrogens with zero attached hydrogens (tertiary/aromatic N) is 3. The fraction of sp³-hybridized carbons (Fsp3) is 0.429. The molecular formula is C14H19N5O2S. The van der Waals surface area contributed by atoms with Crippen LogP contribution in [-0.4, -0.2) is 36.5 Å². The number of H-pyrrole nitrogens is 1. The van der Waals surface area contributed by atoms with Gasteiger partial charge in [-0.05, 0) is 31.2 Å². The largest absolute Gasteiger partial charge is 0.370 e. The first-order valence-electron chi connectivity index (χ1n) is 7.23. The van der Waals surface area contributed by atoms with Gasteiger partial charge in [-0.15, -0.1) is 0 Å². The van der Waals surface area contributed by atoms with Crippen LogP contribution in [0.4, 0.5) is 5.69 Å². The molecule has 7 nitrogen and oxygen atoms in total. The van der Waals surface area contributed by atoms with Crippen molar-refractivity contribution in [3.8, 4) is 0 Å². The number of hydrogen-bond donors (Lipinski definition) is 2. The average molecular weight is 321 g/mol. The van der Waals surface area contributed by atoms with E-state index < -0.39 is 10.0 Å². The van der Waals surface area contributed by atoms with Crippen LogP contribution >= 0.6 is 0 Å². The number of aromatic amines is 1. The van der Waals surface area contributed by atoms with Gasteiger partial charge in [-0.3, -0.25) is 4.98 Å². The van der Waals surface area contributed by atoms with Crippen LogP contribution < -0.4 is 10.0 Å². The van der Waals surface area contributed by atoms with Gasteiger partial charge in [0.15, 0.2) is 0 Å². The molecule has 3 heterocycles. The molecule has 1 saturated heterocycles. The smallest absolute Gasteiger partial charge is 0.241 e. The Morgan fingerprint density at radius 2 is 2.05 bits per heavy atom. The molecule has 0 unspecified atom stereocenters. The summed E-state index contributed by atoms with van der Waals surface area (Å²) in [5, 5.41) is 5.28. The summed E-state index contributed by atoms with van der Waals surface area (Å²) in [5.74, 6) is 0.580. The second-order valence-corrected chi connectivity index (χ2v) is 7.13. The van der Waals surface area contributed by atoms with Crippen LogP contribution in [-0.2, 0) is 16.4 Å². The molecule has 3 N–H and O–H groups in total. The number of primary sulfonamides is 1. The van der Waals surface area contributed by atoms with Crippen molar-refractivity contribution in [2.45, 2.75) is 24.2 Å². The predicted octanol–water partition coefficient (Wildman–Crippen LogP) is 0.911. The Morgan fingerprint density at radius 3 is 2.68 bits per heavy atom. The summed E-state index contributed by atoms with van der Waals surface area (Å²) in [4.78, 5) is 13.2. The first kappa shape index (κ1) is 15.0. The SMILES string of the molecule is NS(=O)(=O)c1cnccc1N1CCC(Cc2cnc[nH]2)CC1. The van der Waals surface area contributed by atoms with Crippen molar-refractivity contribution in [3.63, 3.8) is 0 Å². The number of rotatable bonds is 4. The summed E-state index contributed by atoms with van der Waals surface area (Å²) in [6, 6.07) is 1.72. The zero-order valence-corrected chi connectivity index (χ0v) is 13.0. The second-order valence-electron chi connectivity index (χ2n) is 5.60. The molecule has 2 aromatic heterocycles. The molecule has 8 heteroatoms. The third kappa shape index (κ3) is 3.28. The molecule has 0 aliphatic carbocycles. The predicted molar refractivity (Wildman–Crippen MR) is 82.8 cm³/mol. The van der Waals surface area contributed by atoms with E-state index in [9.17, 15) is 8.42 Å². The lowest BCUT2D eigenvalue weighted by atomic mass is 9.92. The highest BCUT2D eigenvalue weighted by Crippen LogP contribution is 2.29. The number of pyridine rings is 1. The van der Waals surface area contributed by atoms with Crippen molar-refractivity contribution in [1.82, 2.24) is 15.0 Å². The van der Waals surface area contributed by atoms with Crippen molar-refractivity contribution in [2.75, 3.05) is 18.0 Å². The standard InChI is InChI=1S/C14H19N5O2S/c15-22(20,21)14-9-16-4-1-13(14)19-5-2-11(3-6-19)7-12-8-17-10-18-12/h1,4,8-11H,2-3,5-7H2,(H,17,18)(H2,15,20,21). The number of piperidine rings is 1. The first-order valence-corrected chi connectivity index (χ1v) is 8.77. The molecule has 1 fully saturated rings. The molecule has 0 atom stereocenters. The van der Waals surface area contributed by atoms with E-state index in [0.29, 0.717) is 11.6 Å². The molecule has 3 rings (SSSR count). The van der Waals surface area contributed by atoms with Crippen molar-refractivity contribution in [3.05, 3.63) is 36.7 Å². The summed E-state index contributed by atoms with van der Waals surface area (Å²) in [6.07, 6.45) is 9.46. The van der Waals surface area contributed by atoms with Crippen molar-refractivity contribution in [1.29, 1.82) is 0 Å². The third-order valence-corrected chi connectivity index (χ3v) is 5.02. The van der Waals surface area contributed by atoms with E-state index in [1.54, 1.807) is 18.6 Å². The number of nitrogens with two attached hydrogens (primary N) is 1. The lowest BCUT2D eigenvalue weighted by Crippen LogP contribution is -2.35. The molecule has 0 spiro atoms. The Balaban J connectivity index is 1.69. The fourth-order valence-corrected chi connectivity index (χ4v) is 3.63. The van der Waals surface area contributed by atoms with E-state index in [1.807, 2.05) is 6.20 Å². The van der Waals surface area contributed by atoms with Crippen LogP contribution in [0.25, 0.3) is 0 Å². The minimum absolute atomic E-state index is 0.0991. The fourth-order valence-electron chi connectivity index (χ4n) is 2.94. The van der Waals surface area contributed by atoms with Gasteiger partial charge in [0.2, 0.25) is 10.0 Å². The summed E-state index contributed by atoms with van der Waals surface area (Å²) in [7, 11) is -3.75. The average Bonchev–Trinajstić information content (AvgIpc) is 3.00. The van der Waals surface area contributed by atoms with E-state index >= 15 is 0 Å². The molecule has 1 aliphatic rings. The minimum atomic E-state index is -3.75. The summed E-state index contributed by atoms with van der Waals surface area (Å²) < 4.78 is 23.3. The number of anilines is 1. The molecule has 1 aliphatic heterocycles. The number of aromatic nitrogens is 3. The van der Waals surface area contributed by atoms with Crippen LogP contribution in [0, 0.1) is 5.92 Å². The van der Waals surface area contributed by atoms with Gasteiger partial charge in [-0.1, -0.05) is 0 Å². The zero-order valence-electron chi connectivity index (χ0n) is 12.1. The number of hydrogen-bond acceptors (Lipinski definition) is 5. The molecule has 0 aromatic carbocycles. The van der Waals surface area contributed by atoms with Crippen LogP contribution in [0.2, 0.25) is 0 Å². The molecule has 2 aromatic rings. The molecule has 22 heavy (non-hydrogen) atoms. The van der Waals surface area contributed by atoms with Gasteiger partial charge in [-0.2, -0.15) is 0 Å². The zero-order chi connectivity index (χ0) is 15.6. The van der Waals surface area contributed by atoms with Gasteiger partial charge in [-0.25, -0.2) is 18.5 Å². The highest BCUT2D eigenvalue weighted by molar-refractivity contribution is 7.89. The van der Waals surface area contributed by atoms with Crippen LogP contribution in [0.15, 0.2) is 35.9 Å². The quantitative estimate of drug-likeness (QED) is 0.871. The van der Waals surface area contributed by atoms with Gasteiger partial charge in [0.25, 0.3) is 0 Å². The van der Waals surface area contributed by atoms with Crippen molar-refractivity contribution >= 4 is 15.7 Å². The minimum Gasteiger partial charge on any atom is -0.370 e. The molecule has 0 radical (unpaired) electrons. The lowest BCUT2D eigenvalue weighted by Gasteiger charge is -2.34. The maximum absolute atomic E-state index is 11.7. The van der Waals surface area contributed by atoms with Crippen molar-refractivity contribution in [2.24, 2.45) is 11.1 Å². The first-order chi connectivity index (χ1) is 10.5. The summed E-state index contributed by atoms with van der Waals surface area (Å²) in [6.45, 7) is 1.62. The van der Waals surface area contributed by atoms with E-state index in [2.05, 4.69) is 19.9 Å². The Bertz CT molecular complexity index is 721. The van der Waals surface area contributed by atoms with Crippen LogP contribution in [0.3, 0.4) is 0 Å². The topological polar surface area (TPSA) is 105 Å². The number of imidazole rings is 1. The highest BCUT2D eigenvalue weighted by Gasteiger charge is 2.24. The molecular weight excluding hydrogens is 302 g/mol. The Labute approximate surface area is 129 Å². The third-order valence-electron chi connectivity index (χ3n) is 4.09. The van der Waals surface area contributed by atoms with E-state index in [-0.39, 0.29) is 4.90 Å². The maximum atomic E-state index is 11.7. The Morgan fingerprint density at radius 1 is 1.27 bits per heavy atom. The van der Waals surface area contributed by atoms with Gasteiger partial charge in [0, 0.05) is 37.4 Å². The summed E-state index contributed by atoms with van der Waals surface area (Å²) >= 11 is 0. The van der Waals surface area contributed by atoms with Crippen molar-refractivity contribution < 1.29 is 8.42 Å². The highest BCUT2D eigenvalue weighted by atomic mass is 32.2. The van der Waals surface area contributed by atoms with Gasteiger partial charge in [0.05, 0.1) is 12.0 Å². The maximum Gasteiger partial charge on any atom is 0.241 e. The molecule has 0 amide bonds. The Hall–Kier alpha value is -1.93. The Kier molecular flexibility index (Phi) is 4.12. The van der Waals surface area contributed by atoms with Crippen LogP contribution in [0.5, 0.6) is 0 Å². The second kappa shape index (κ2) is 6.05. The molecule has 0 bridgehead atoms. The number of nitrogens with one attached hydrogen (secondary N) is 1. The number of sulfonamides is 1. The van der Waals surface area contributed by atoms with E-state index in [4.69, 9.17) is 5.14 Å². The lowest BCUT2D eigenvalue weighted by molar-refractivity contribution is 0.400. The molecule has 0 saturated carbocycles. The van der Waals surface area contributed by atoms with Gasteiger partial charge in [0.1, 0.15) is 4.90 Å². The normalized spacial score (nSPS) is 16.9. The van der Waals surface area contributed by atoms with Gasteiger partial charge >= 0.3 is 0 Å². The monoisotopic (exact) mass is 321 g/mol.